The highest BCUT2D eigenvalue weighted by Crippen LogP contribution is 2.37. The lowest BCUT2D eigenvalue weighted by molar-refractivity contribution is -0.132. The zero-order valence-electron chi connectivity index (χ0n) is 29.3. The number of methoxy groups -OCH3 is 2. The number of unbranched alkanes of at least 4 members (excludes halogenated alkanes) is 3. The first kappa shape index (κ1) is 35.6. The average Bonchev–Trinajstić information content (AvgIpc) is 3.84. The molecule has 2 heterocycles. The monoisotopic (exact) mass is 709 g/mol. The number of benzene rings is 4. The predicted octanol–water partition coefficient (Wildman–Crippen LogP) is 10.7. The van der Waals surface area contributed by atoms with E-state index in [1.54, 1.807) is 14.2 Å². The Balaban J connectivity index is 1.32. The molecule has 0 saturated carbocycles. The van der Waals surface area contributed by atoms with Crippen molar-refractivity contribution in [1.29, 1.82) is 0 Å². The van der Waals surface area contributed by atoms with E-state index in [2.05, 4.69) is 78.5 Å². The number of carboxylic acids is 1. The fourth-order valence-electron chi connectivity index (χ4n) is 6.13. The second-order valence-corrected chi connectivity index (χ2v) is 12.7. The van der Waals surface area contributed by atoms with Crippen LogP contribution >= 0.6 is 11.7 Å². The number of nitrogens with zero attached hydrogens (tertiary/aromatic N) is 5. The summed E-state index contributed by atoms with van der Waals surface area (Å²) in [6.45, 7) is 10.3. The molecular formula is C42H39N5O4S. The fourth-order valence-corrected chi connectivity index (χ4v) is 6.71. The lowest BCUT2D eigenvalue weighted by atomic mass is 10.0. The first-order valence-corrected chi connectivity index (χ1v) is 17.8. The minimum Gasteiger partial charge on any atom is -0.497 e. The van der Waals surface area contributed by atoms with Gasteiger partial charge < -0.3 is 24.0 Å². The Bertz CT molecular complexity index is 2200. The van der Waals surface area contributed by atoms with Crippen molar-refractivity contribution >= 4 is 64.0 Å². The van der Waals surface area contributed by atoms with Crippen LogP contribution in [0.15, 0.2) is 103 Å². The number of aromatic nitrogens is 3. The number of hydrogen-bond donors (Lipinski definition) is 1. The molecular weight excluding hydrogens is 671 g/mol. The Morgan fingerprint density at radius 2 is 1.42 bits per heavy atom. The maximum Gasteiger partial charge on any atom is 0.333 e. The molecule has 0 aliphatic carbocycles. The van der Waals surface area contributed by atoms with E-state index in [4.69, 9.17) is 16.0 Å². The molecule has 0 aliphatic heterocycles. The van der Waals surface area contributed by atoms with Crippen molar-refractivity contribution in [3.8, 4) is 22.8 Å². The highest BCUT2D eigenvalue weighted by molar-refractivity contribution is 7.00. The summed E-state index contributed by atoms with van der Waals surface area (Å²) >= 11 is 1.07. The van der Waals surface area contributed by atoms with Gasteiger partial charge in [-0.05, 0) is 109 Å². The van der Waals surface area contributed by atoms with Gasteiger partial charge in [0.25, 0.3) is 5.70 Å². The van der Waals surface area contributed by atoms with Crippen LogP contribution in [0.2, 0.25) is 0 Å². The van der Waals surface area contributed by atoms with Crippen LogP contribution in [0, 0.1) is 6.57 Å². The molecule has 9 nitrogen and oxygen atoms in total. The van der Waals surface area contributed by atoms with Crippen molar-refractivity contribution in [3.05, 3.63) is 131 Å². The molecule has 0 radical (unpaired) electrons. The topological polar surface area (TPSA) is 94.1 Å². The first-order chi connectivity index (χ1) is 25.4. The summed E-state index contributed by atoms with van der Waals surface area (Å²) in [4.78, 5) is 16.9. The van der Waals surface area contributed by atoms with Crippen molar-refractivity contribution < 1.29 is 19.4 Å². The summed E-state index contributed by atoms with van der Waals surface area (Å²) in [5.74, 6) is 0.323. The van der Waals surface area contributed by atoms with Crippen LogP contribution in [0.5, 0.6) is 11.5 Å². The number of hydrogen-bond acceptors (Lipinski definition) is 7. The van der Waals surface area contributed by atoms with Crippen LogP contribution in [-0.2, 0) is 11.3 Å². The van der Waals surface area contributed by atoms with Crippen LogP contribution in [0.25, 0.3) is 45.4 Å². The number of anilines is 3. The van der Waals surface area contributed by atoms with E-state index in [9.17, 15) is 9.90 Å². The van der Waals surface area contributed by atoms with Crippen LogP contribution < -0.4 is 14.4 Å². The molecule has 0 unspecified atom stereocenters. The molecule has 0 saturated heterocycles. The van der Waals surface area contributed by atoms with Crippen LogP contribution in [0.3, 0.4) is 0 Å². The third-order valence-electron chi connectivity index (χ3n) is 8.86. The predicted molar refractivity (Wildman–Crippen MR) is 210 cm³/mol. The van der Waals surface area contributed by atoms with Crippen LogP contribution in [-0.4, -0.2) is 38.6 Å². The molecule has 6 aromatic rings. The molecule has 0 bridgehead atoms. The minimum atomic E-state index is -1.27. The SMILES string of the molecule is [C-]#[N+]/C(=C\c1ccc(-c2ccc(/C=C/c3ccc(N(c4ccc(OC)cc4)c4ccc(OC)cc4)cc3)n2CCCCCC)c2nsnc12)C(=O)O. The summed E-state index contributed by atoms with van der Waals surface area (Å²) in [6.07, 6.45) is 10.1. The molecule has 10 heteroatoms. The van der Waals surface area contributed by atoms with Crippen LogP contribution in [0.4, 0.5) is 17.1 Å². The average molecular weight is 710 g/mol. The number of carboxylic acid groups (broad SMARTS) is 1. The Morgan fingerprint density at radius 3 is 2.00 bits per heavy atom. The van der Waals surface area contributed by atoms with Crippen LogP contribution in [0.1, 0.15) is 49.4 Å². The normalized spacial score (nSPS) is 11.5. The smallest absolute Gasteiger partial charge is 0.333 e. The zero-order valence-corrected chi connectivity index (χ0v) is 30.1. The fraction of sp³-hybridized carbons (Fsp3) is 0.190. The number of rotatable bonds is 15. The van der Waals surface area contributed by atoms with E-state index in [1.165, 1.54) is 12.5 Å². The molecule has 6 rings (SSSR count). The van der Waals surface area contributed by atoms with E-state index in [0.717, 1.165) is 88.6 Å². The molecule has 52 heavy (non-hydrogen) atoms. The maximum atomic E-state index is 11.5. The Labute approximate surface area is 307 Å². The Kier molecular flexibility index (Phi) is 11.4. The third kappa shape index (κ3) is 7.90. The van der Waals surface area contributed by atoms with Gasteiger partial charge in [-0.15, -0.1) is 0 Å². The lowest BCUT2D eigenvalue weighted by Crippen LogP contribution is -2.09. The van der Waals surface area contributed by atoms with Gasteiger partial charge in [-0.3, -0.25) is 4.79 Å². The third-order valence-corrected chi connectivity index (χ3v) is 9.39. The molecule has 1 N–H and O–H groups in total. The molecule has 0 spiro atoms. The zero-order chi connectivity index (χ0) is 36.5. The van der Waals surface area contributed by atoms with E-state index in [1.807, 2.05) is 60.7 Å². The van der Waals surface area contributed by atoms with Crippen molar-refractivity contribution in [2.45, 2.75) is 39.2 Å². The van der Waals surface area contributed by atoms with Crippen molar-refractivity contribution in [2.24, 2.45) is 0 Å². The standard InChI is InChI=1S/C42H39N5O4S/c1-5-6-7-8-27-46-31(20-26-39(46)37-25-12-30(28-38(43-2)42(48)49)40-41(37)45-52-44-40)13-9-29-10-14-32(15-11-29)47(33-16-21-35(50-3)22-17-33)34-18-23-36(51-4)24-19-34/h9-26,28H,5-8,27H2,1,3-4H3,(H,48,49)/b13-9+,38-28-. The summed E-state index contributed by atoms with van der Waals surface area (Å²) < 4.78 is 22.2. The Morgan fingerprint density at radius 1 is 0.808 bits per heavy atom. The highest BCUT2D eigenvalue weighted by atomic mass is 32.1. The van der Waals surface area contributed by atoms with E-state index in [-0.39, 0.29) is 5.70 Å². The first-order valence-electron chi connectivity index (χ1n) is 17.1. The molecule has 0 aliphatic rings. The lowest BCUT2D eigenvalue weighted by Gasteiger charge is -2.26. The van der Waals surface area contributed by atoms with Crippen molar-refractivity contribution in [2.75, 3.05) is 19.1 Å². The number of aliphatic carboxylic acids is 1. The van der Waals surface area contributed by atoms with Gasteiger partial charge >= 0.3 is 5.97 Å². The van der Waals surface area contributed by atoms with Crippen molar-refractivity contribution in [1.82, 2.24) is 13.3 Å². The van der Waals surface area contributed by atoms with E-state index < -0.39 is 5.97 Å². The highest BCUT2D eigenvalue weighted by Gasteiger charge is 2.18. The molecule has 2 aromatic heterocycles. The van der Waals surface area contributed by atoms with E-state index >= 15 is 0 Å². The van der Waals surface area contributed by atoms with Gasteiger partial charge in [-0.1, -0.05) is 50.5 Å². The van der Waals surface area contributed by atoms with Gasteiger partial charge in [-0.25, -0.2) is 4.85 Å². The molecule has 262 valence electrons. The van der Waals surface area contributed by atoms with Gasteiger partial charge in [0.15, 0.2) is 0 Å². The van der Waals surface area contributed by atoms with Gasteiger partial charge in [0.05, 0.1) is 38.2 Å². The van der Waals surface area contributed by atoms with Gasteiger partial charge in [0, 0.05) is 34.9 Å². The second kappa shape index (κ2) is 16.7. The number of ether oxygens (including phenoxy) is 2. The summed E-state index contributed by atoms with van der Waals surface area (Å²) in [5.41, 5.74) is 8.54. The molecule has 4 aromatic carbocycles. The van der Waals surface area contributed by atoms with Crippen molar-refractivity contribution in [3.63, 3.8) is 0 Å². The van der Waals surface area contributed by atoms with Gasteiger partial charge in [0.2, 0.25) is 0 Å². The Hall–Kier alpha value is -6.18. The van der Waals surface area contributed by atoms with E-state index in [0.29, 0.717) is 16.6 Å². The quantitative estimate of drug-likeness (QED) is 0.0644. The maximum absolute atomic E-state index is 11.5. The summed E-state index contributed by atoms with van der Waals surface area (Å²) in [6, 6.07) is 32.5. The molecule has 0 atom stereocenters. The molecule has 0 fully saturated rings. The second-order valence-electron chi connectivity index (χ2n) is 12.1. The van der Waals surface area contributed by atoms with Gasteiger partial charge in [0.1, 0.15) is 22.5 Å². The summed E-state index contributed by atoms with van der Waals surface area (Å²) in [5, 5.41) is 9.41. The molecule has 0 amide bonds. The van der Waals surface area contributed by atoms with Gasteiger partial charge in [-0.2, -0.15) is 8.75 Å². The number of carbonyl (C=O) groups is 1. The number of fused-ring (bicyclic) bond motifs is 1. The largest absolute Gasteiger partial charge is 0.497 e. The summed E-state index contributed by atoms with van der Waals surface area (Å²) in [7, 11) is 3.33. The minimum absolute atomic E-state index is 0.365.